The molecule has 76 valence electrons. The molecule has 2 atom stereocenters. The molecule has 1 amide bonds. The number of aliphatic hydroxyl groups is 1. The van der Waals surface area contributed by atoms with E-state index in [-0.39, 0.29) is 18.9 Å². The van der Waals surface area contributed by atoms with Crippen LogP contribution < -0.4 is 11.1 Å². The molecule has 13 heavy (non-hydrogen) atoms. The number of carbonyl (C=O) groups is 2. The van der Waals surface area contributed by atoms with Crippen molar-refractivity contribution in [1.82, 2.24) is 5.32 Å². The number of aliphatic carboxylic acids is 1. The highest BCUT2D eigenvalue weighted by Crippen LogP contribution is 1.89. The van der Waals surface area contributed by atoms with Crippen molar-refractivity contribution in [1.29, 1.82) is 0 Å². The van der Waals surface area contributed by atoms with E-state index in [1.165, 1.54) is 6.92 Å². The van der Waals surface area contributed by atoms with Gasteiger partial charge in [0.15, 0.2) is 6.10 Å². The van der Waals surface area contributed by atoms with Crippen LogP contribution in [0.1, 0.15) is 13.3 Å². The third-order valence-corrected chi connectivity index (χ3v) is 1.42. The van der Waals surface area contributed by atoms with Crippen LogP contribution in [0.15, 0.2) is 0 Å². The van der Waals surface area contributed by atoms with Gasteiger partial charge in [0, 0.05) is 13.0 Å². The Morgan fingerprint density at radius 3 is 2.46 bits per heavy atom. The van der Waals surface area contributed by atoms with Crippen molar-refractivity contribution in [3.8, 4) is 0 Å². The van der Waals surface area contributed by atoms with E-state index in [0.717, 1.165) is 0 Å². The van der Waals surface area contributed by atoms with Crippen LogP contribution in [-0.2, 0) is 9.59 Å². The molecule has 0 aromatic rings. The third kappa shape index (κ3) is 5.15. The Morgan fingerprint density at radius 2 is 2.08 bits per heavy atom. The number of nitrogens with two attached hydrogens (primary N) is 1. The van der Waals surface area contributed by atoms with Crippen LogP contribution in [0.5, 0.6) is 0 Å². The molecular formula is C7H14N2O4. The van der Waals surface area contributed by atoms with Crippen molar-refractivity contribution in [2.45, 2.75) is 25.5 Å². The van der Waals surface area contributed by atoms with E-state index in [2.05, 4.69) is 5.32 Å². The zero-order valence-corrected chi connectivity index (χ0v) is 7.36. The molecule has 5 N–H and O–H groups in total. The van der Waals surface area contributed by atoms with E-state index < -0.39 is 18.1 Å². The van der Waals surface area contributed by atoms with Gasteiger partial charge in [0.1, 0.15) is 0 Å². The number of carbonyl (C=O) groups excluding carboxylic acids is 1. The second-order valence-electron chi connectivity index (χ2n) is 2.72. The third-order valence-electron chi connectivity index (χ3n) is 1.42. The van der Waals surface area contributed by atoms with Crippen LogP contribution in [-0.4, -0.2) is 40.8 Å². The summed E-state index contributed by atoms with van der Waals surface area (Å²) in [4.78, 5) is 21.0. The van der Waals surface area contributed by atoms with Crippen molar-refractivity contribution in [3.05, 3.63) is 0 Å². The first-order valence-electron chi connectivity index (χ1n) is 3.89. The first kappa shape index (κ1) is 11.9. The summed E-state index contributed by atoms with van der Waals surface area (Å²) in [6.45, 7) is 1.62. The van der Waals surface area contributed by atoms with Crippen LogP contribution in [0.25, 0.3) is 0 Å². The molecule has 0 saturated carbocycles. The zero-order valence-electron chi connectivity index (χ0n) is 7.36. The Morgan fingerprint density at radius 1 is 1.54 bits per heavy atom. The van der Waals surface area contributed by atoms with E-state index in [1.54, 1.807) is 0 Å². The SMILES string of the molecule is CC(N)C(=O)NCC[C@H](O)C(=O)O. The lowest BCUT2D eigenvalue weighted by Gasteiger charge is -2.08. The molecule has 0 spiro atoms. The molecule has 6 nitrogen and oxygen atoms in total. The largest absolute Gasteiger partial charge is 0.479 e. The van der Waals surface area contributed by atoms with Crippen molar-refractivity contribution < 1.29 is 19.8 Å². The number of aliphatic hydroxyl groups excluding tert-OH is 1. The maximum atomic E-state index is 10.8. The summed E-state index contributed by atoms with van der Waals surface area (Å²) < 4.78 is 0. The van der Waals surface area contributed by atoms with Crippen molar-refractivity contribution in [2.24, 2.45) is 5.73 Å². The molecular weight excluding hydrogens is 176 g/mol. The van der Waals surface area contributed by atoms with Crippen LogP contribution in [0.3, 0.4) is 0 Å². The highest BCUT2D eigenvalue weighted by Gasteiger charge is 2.13. The minimum Gasteiger partial charge on any atom is -0.479 e. The summed E-state index contributed by atoms with van der Waals surface area (Å²) in [6.07, 6.45) is -1.46. The summed E-state index contributed by atoms with van der Waals surface area (Å²) in [6, 6.07) is -0.623. The number of rotatable bonds is 5. The van der Waals surface area contributed by atoms with E-state index in [1.807, 2.05) is 0 Å². The van der Waals surface area contributed by atoms with Gasteiger partial charge >= 0.3 is 5.97 Å². The van der Waals surface area contributed by atoms with Crippen LogP contribution in [0, 0.1) is 0 Å². The molecule has 0 aliphatic carbocycles. The van der Waals surface area contributed by atoms with Gasteiger partial charge in [0.05, 0.1) is 6.04 Å². The first-order chi connectivity index (χ1) is 5.95. The smallest absolute Gasteiger partial charge is 0.332 e. The van der Waals surface area contributed by atoms with Crippen LogP contribution in [0.2, 0.25) is 0 Å². The zero-order chi connectivity index (χ0) is 10.4. The van der Waals surface area contributed by atoms with Gasteiger partial charge in [-0.25, -0.2) is 4.79 Å². The molecule has 0 fully saturated rings. The van der Waals surface area contributed by atoms with E-state index in [4.69, 9.17) is 15.9 Å². The fourth-order valence-corrected chi connectivity index (χ4v) is 0.617. The topological polar surface area (TPSA) is 113 Å². The number of hydrogen-bond acceptors (Lipinski definition) is 4. The molecule has 0 bridgehead atoms. The van der Waals surface area contributed by atoms with Gasteiger partial charge < -0.3 is 21.3 Å². The minimum absolute atomic E-state index is 0.0200. The lowest BCUT2D eigenvalue weighted by Crippen LogP contribution is -2.39. The molecule has 0 aromatic heterocycles. The Labute approximate surface area is 75.7 Å². The predicted molar refractivity (Wildman–Crippen MR) is 44.9 cm³/mol. The molecule has 0 radical (unpaired) electrons. The Bertz CT molecular complexity index is 193. The highest BCUT2D eigenvalue weighted by atomic mass is 16.4. The van der Waals surface area contributed by atoms with Gasteiger partial charge in [-0.2, -0.15) is 0 Å². The molecule has 0 aliphatic rings. The minimum atomic E-state index is -1.44. The fraction of sp³-hybridized carbons (Fsp3) is 0.714. The molecule has 6 heteroatoms. The van der Waals surface area contributed by atoms with Gasteiger partial charge in [-0.15, -0.1) is 0 Å². The normalized spacial score (nSPS) is 14.7. The summed E-state index contributed by atoms with van der Waals surface area (Å²) in [7, 11) is 0. The Balaban J connectivity index is 3.56. The summed E-state index contributed by atoms with van der Waals surface area (Å²) in [5.74, 6) is -1.66. The summed E-state index contributed by atoms with van der Waals surface area (Å²) >= 11 is 0. The molecule has 0 heterocycles. The van der Waals surface area contributed by atoms with Crippen LogP contribution >= 0.6 is 0 Å². The van der Waals surface area contributed by atoms with Gasteiger partial charge in [-0.3, -0.25) is 4.79 Å². The average molecular weight is 190 g/mol. The van der Waals surface area contributed by atoms with E-state index >= 15 is 0 Å². The maximum Gasteiger partial charge on any atom is 0.332 e. The lowest BCUT2D eigenvalue weighted by atomic mass is 10.2. The van der Waals surface area contributed by atoms with E-state index in [0.29, 0.717) is 0 Å². The number of carboxylic acid groups (broad SMARTS) is 1. The average Bonchev–Trinajstić information content (AvgIpc) is 2.03. The van der Waals surface area contributed by atoms with Gasteiger partial charge in [0.25, 0.3) is 0 Å². The number of nitrogens with one attached hydrogen (secondary N) is 1. The number of amides is 1. The summed E-state index contributed by atoms with van der Waals surface area (Å²) in [5, 5.41) is 19.4. The maximum absolute atomic E-state index is 10.8. The number of hydrogen-bond donors (Lipinski definition) is 4. The Hall–Kier alpha value is -1.14. The second-order valence-corrected chi connectivity index (χ2v) is 2.72. The summed E-state index contributed by atoms with van der Waals surface area (Å²) in [5.41, 5.74) is 5.22. The van der Waals surface area contributed by atoms with Crippen molar-refractivity contribution in [3.63, 3.8) is 0 Å². The standard InChI is InChI=1S/C7H14N2O4/c1-4(8)6(11)9-3-2-5(10)7(12)13/h4-5,10H,2-3,8H2,1H3,(H,9,11)(H,12,13)/t4?,5-/m0/s1. The molecule has 0 saturated heterocycles. The molecule has 1 unspecified atom stereocenters. The van der Waals surface area contributed by atoms with Gasteiger partial charge in [-0.05, 0) is 6.92 Å². The van der Waals surface area contributed by atoms with E-state index in [9.17, 15) is 9.59 Å². The molecule has 0 rings (SSSR count). The highest BCUT2D eigenvalue weighted by molar-refractivity contribution is 5.81. The molecule has 0 aromatic carbocycles. The van der Waals surface area contributed by atoms with Gasteiger partial charge in [-0.1, -0.05) is 0 Å². The molecule has 0 aliphatic heterocycles. The fourth-order valence-electron chi connectivity index (χ4n) is 0.617. The van der Waals surface area contributed by atoms with Crippen molar-refractivity contribution >= 4 is 11.9 Å². The predicted octanol–water partition coefficient (Wildman–Crippen LogP) is -1.71. The van der Waals surface area contributed by atoms with Gasteiger partial charge in [0.2, 0.25) is 5.91 Å². The Kier molecular flexibility index (Phi) is 5.01. The second kappa shape index (κ2) is 5.50. The van der Waals surface area contributed by atoms with Crippen LogP contribution in [0.4, 0.5) is 0 Å². The van der Waals surface area contributed by atoms with Crippen molar-refractivity contribution in [2.75, 3.05) is 6.54 Å². The monoisotopic (exact) mass is 190 g/mol. The number of carboxylic acids is 1. The lowest BCUT2D eigenvalue weighted by molar-refractivity contribution is -0.147. The quantitative estimate of drug-likeness (QED) is 0.412. The first-order valence-corrected chi connectivity index (χ1v) is 3.89.